The largest absolute Gasteiger partial charge is 0.409 e. The Labute approximate surface area is 102 Å². The molecule has 0 spiro atoms. The zero-order valence-corrected chi connectivity index (χ0v) is 11.0. The molecule has 0 aromatic carbocycles. The summed E-state index contributed by atoms with van der Waals surface area (Å²) in [6.07, 6.45) is -4.98. The lowest BCUT2D eigenvalue weighted by molar-refractivity contribution is -0.0799. The van der Waals surface area contributed by atoms with Crippen molar-refractivity contribution in [2.24, 2.45) is 0 Å². The first kappa shape index (κ1) is 19.6. The van der Waals surface area contributed by atoms with Crippen molar-refractivity contribution in [3.8, 4) is 0 Å². The topological polar surface area (TPSA) is 92.3 Å². The van der Waals surface area contributed by atoms with E-state index in [0.717, 1.165) is 0 Å². The van der Waals surface area contributed by atoms with Gasteiger partial charge in [-0.2, -0.15) is 21.6 Å². The second-order valence-electron chi connectivity index (χ2n) is 2.75. The number of hydrogen-bond donors (Lipinski definition) is 2. The fourth-order valence-electron chi connectivity index (χ4n) is 0.494. The first-order valence-corrected chi connectivity index (χ1v) is 7.15. The van der Waals surface area contributed by atoms with E-state index in [1.165, 1.54) is 0 Å². The summed E-state index contributed by atoms with van der Waals surface area (Å²) >= 11 is 0. The zero-order chi connectivity index (χ0) is 15.0. The highest BCUT2D eigenvalue weighted by Crippen LogP contribution is 2.15. The van der Waals surface area contributed by atoms with Crippen LogP contribution in [-0.2, 0) is 20.4 Å². The summed E-state index contributed by atoms with van der Waals surface area (Å²) in [5, 5.41) is 2.75. The summed E-state index contributed by atoms with van der Waals surface area (Å²) in [7, 11) is -6.41. The normalized spacial score (nSPS) is 13.2. The molecule has 0 bridgehead atoms. The summed E-state index contributed by atoms with van der Waals surface area (Å²) in [6, 6.07) is 0. The number of nitrogens with one attached hydrogen (secondary N) is 2. The van der Waals surface area contributed by atoms with Crippen LogP contribution in [0.3, 0.4) is 0 Å². The minimum atomic E-state index is -5.50. The molecule has 0 aromatic heterocycles. The van der Waals surface area contributed by atoms with Gasteiger partial charge in [0.15, 0.2) is 0 Å². The molecule has 0 heterocycles. The van der Waals surface area contributed by atoms with Crippen LogP contribution in [0.15, 0.2) is 12.2 Å². The number of sulfonamides is 1. The van der Waals surface area contributed by atoms with E-state index >= 15 is 0 Å². The zero-order valence-electron chi connectivity index (χ0n) is 9.32. The van der Waals surface area contributed by atoms with Crippen molar-refractivity contribution in [2.75, 3.05) is 19.8 Å². The third-order valence-corrected chi connectivity index (χ3v) is 3.29. The van der Waals surface area contributed by atoms with Gasteiger partial charge in [-0.1, -0.05) is 14.1 Å². The van der Waals surface area contributed by atoms with Gasteiger partial charge in [-0.3, -0.25) is 0 Å². The Morgan fingerprint density at radius 3 is 1.78 bits per heavy atom. The quantitative estimate of drug-likeness (QED) is 0.435. The van der Waals surface area contributed by atoms with Gasteiger partial charge < -0.3 is 5.32 Å². The van der Waals surface area contributed by atoms with Crippen LogP contribution in [0.25, 0.3) is 0 Å². The van der Waals surface area contributed by atoms with Crippen LogP contribution in [0.4, 0.5) is 17.1 Å². The molecule has 0 rings (SSSR count). The summed E-state index contributed by atoms with van der Waals surface area (Å²) in [5.41, 5.74) is 0. The van der Waals surface area contributed by atoms with E-state index in [0.29, 0.717) is 4.13 Å². The lowest BCUT2D eigenvalue weighted by Gasteiger charge is -1.99. The fraction of sp³-hybridized carbons (Fsp3) is 0.667. The summed E-state index contributed by atoms with van der Waals surface area (Å²) in [5.74, 6) is -1.30. The minimum absolute atomic E-state index is 0.146. The maximum Gasteiger partial charge on any atom is 0.409 e. The average Bonchev–Trinajstić information content (AvgIpc) is 1.96. The number of alkyl halides is 3. The maximum absolute atomic E-state index is 11.8. The van der Waals surface area contributed by atoms with Gasteiger partial charge in [0, 0.05) is 6.08 Å². The number of halogens is 4. The summed E-state index contributed by atoms with van der Waals surface area (Å²) < 4.78 is 87.5. The van der Waals surface area contributed by atoms with Crippen molar-refractivity contribution in [3.63, 3.8) is 0 Å². The lowest BCUT2D eigenvalue weighted by atomic mass is 10.5. The lowest BCUT2D eigenvalue weighted by Crippen LogP contribution is -2.29. The van der Waals surface area contributed by atoms with Gasteiger partial charge in [0.2, 0.25) is 10.0 Å². The molecule has 0 atom stereocenters. The Bertz CT molecular complexity index is 454. The van der Waals surface area contributed by atoms with E-state index in [2.05, 4.69) is 5.32 Å². The summed E-state index contributed by atoms with van der Waals surface area (Å²) in [6.45, 7) is 0. The fourth-order valence-corrected chi connectivity index (χ4v) is 2.33. The molecule has 12 heteroatoms. The van der Waals surface area contributed by atoms with Gasteiger partial charge in [0.05, 0.1) is 5.75 Å². The number of rotatable bonds is 4. The molecule has 2 N–H and O–H groups in total. The van der Waals surface area contributed by atoms with E-state index in [-0.39, 0.29) is 6.08 Å². The Hall–Kier alpha value is -0.720. The molecule has 6 nitrogen and oxygen atoms in total. The van der Waals surface area contributed by atoms with Gasteiger partial charge in [-0.15, -0.1) is 0 Å². The monoisotopic (exact) mass is 316 g/mol. The van der Waals surface area contributed by atoms with E-state index in [9.17, 15) is 33.9 Å². The van der Waals surface area contributed by atoms with Crippen LogP contribution in [0.2, 0.25) is 0 Å². The molecule has 0 saturated heterocycles. The molecule has 0 unspecified atom stereocenters. The van der Waals surface area contributed by atoms with Gasteiger partial charge >= 0.3 is 16.6 Å². The molecule has 110 valence electrons. The molecule has 0 radical (unpaired) electrons. The molecule has 0 saturated carbocycles. The van der Waals surface area contributed by atoms with Crippen molar-refractivity contribution in [1.29, 1.82) is 0 Å². The molecular formula is C6H12F4N2O4S2. The molecule has 0 fully saturated rings. The van der Waals surface area contributed by atoms with Crippen LogP contribution >= 0.6 is 0 Å². The predicted octanol–water partition coefficient (Wildman–Crippen LogP) is 0.0742. The van der Waals surface area contributed by atoms with Gasteiger partial charge in [-0.25, -0.2) is 8.42 Å². The maximum atomic E-state index is 11.8. The van der Waals surface area contributed by atoms with Gasteiger partial charge in [-0.05, 0) is 14.1 Å². The molecule has 0 amide bonds. The van der Waals surface area contributed by atoms with E-state index in [4.69, 9.17) is 0 Å². The molecule has 0 aliphatic rings. The van der Waals surface area contributed by atoms with Crippen molar-refractivity contribution in [3.05, 3.63) is 12.2 Å². The average molecular weight is 316 g/mol. The Balaban J connectivity index is 0. The Morgan fingerprint density at radius 2 is 1.50 bits per heavy atom. The standard InChI is InChI=1S/C4H5F4NO4S2.C2H7N/c5-4(6,7)2-1-3-14(10,11)9-15(8,12)13;1-3-2/h1-2,9H,3H2;3H,1-2H3. The summed E-state index contributed by atoms with van der Waals surface area (Å²) in [4.78, 5) is 0. The van der Waals surface area contributed by atoms with E-state index < -0.39 is 38.4 Å². The van der Waals surface area contributed by atoms with Crippen LogP contribution in [-0.4, -0.2) is 42.9 Å². The predicted molar refractivity (Wildman–Crippen MR) is 57.1 cm³/mol. The number of hydrogen-bond acceptors (Lipinski definition) is 5. The van der Waals surface area contributed by atoms with Crippen LogP contribution in [0, 0.1) is 0 Å². The van der Waals surface area contributed by atoms with Gasteiger partial charge in [0.25, 0.3) is 0 Å². The first-order chi connectivity index (χ1) is 7.83. The smallest absolute Gasteiger partial charge is 0.323 e. The third kappa shape index (κ3) is 17.7. The van der Waals surface area contributed by atoms with E-state index in [1.807, 2.05) is 14.1 Å². The van der Waals surface area contributed by atoms with Crippen molar-refractivity contribution < 1.29 is 33.9 Å². The molecule has 0 aliphatic heterocycles. The third-order valence-electron chi connectivity index (χ3n) is 0.849. The number of allylic oxidation sites excluding steroid dienone is 1. The molecule has 0 aliphatic carbocycles. The van der Waals surface area contributed by atoms with Crippen molar-refractivity contribution >= 4 is 20.4 Å². The highest BCUT2D eigenvalue weighted by molar-refractivity contribution is 8.02. The van der Waals surface area contributed by atoms with Crippen LogP contribution < -0.4 is 9.44 Å². The highest BCUT2D eigenvalue weighted by atomic mass is 32.3. The van der Waals surface area contributed by atoms with E-state index in [1.54, 1.807) is 0 Å². The van der Waals surface area contributed by atoms with Crippen molar-refractivity contribution in [2.45, 2.75) is 6.18 Å². The highest BCUT2D eigenvalue weighted by Gasteiger charge is 2.23. The SMILES string of the molecule is CNC.O=S(=O)(F)NS(=O)(=O)CC=CC(F)(F)F. The van der Waals surface area contributed by atoms with Gasteiger partial charge in [0.1, 0.15) is 0 Å². The molecular weight excluding hydrogens is 304 g/mol. The Kier molecular flexibility index (Phi) is 8.34. The second kappa shape index (κ2) is 7.66. The first-order valence-electron chi connectivity index (χ1n) is 4.12. The second-order valence-corrected chi connectivity index (χ2v) is 5.85. The minimum Gasteiger partial charge on any atom is -0.323 e. The van der Waals surface area contributed by atoms with Crippen LogP contribution in [0.5, 0.6) is 0 Å². The van der Waals surface area contributed by atoms with Crippen LogP contribution in [0.1, 0.15) is 0 Å². The molecule has 18 heavy (non-hydrogen) atoms. The Morgan fingerprint density at radius 1 is 1.11 bits per heavy atom. The van der Waals surface area contributed by atoms with Crippen molar-refractivity contribution in [1.82, 2.24) is 9.44 Å². The molecule has 0 aromatic rings.